The van der Waals surface area contributed by atoms with Crippen molar-refractivity contribution in [3.8, 4) is 0 Å². The van der Waals surface area contributed by atoms with E-state index in [0.717, 1.165) is 22.3 Å². The number of anilines is 2. The highest BCUT2D eigenvalue weighted by Gasteiger charge is 2.38. The fourth-order valence-corrected chi connectivity index (χ4v) is 5.55. The van der Waals surface area contributed by atoms with Crippen molar-refractivity contribution >= 4 is 37.1 Å². The van der Waals surface area contributed by atoms with Crippen molar-refractivity contribution in [2.24, 2.45) is 5.41 Å². The number of rotatable bonds is 2. The molecule has 1 aliphatic rings. The van der Waals surface area contributed by atoms with Gasteiger partial charge in [-0.25, -0.2) is 8.42 Å². The van der Waals surface area contributed by atoms with Crippen LogP contribution in [0.2, 0.25) is 0 Å². The van der Waals surface area contributed by atoms with E-state index < -0.39 is 9.84 Å². The van der Waals surface area contributed by atoms with Gasteiger partial charge in [-0.2, -0.15) is 0 Å². The molecule has 0 saturated heterocycles. The summed E-state index contributed by atoms with van der Waals surface area (Å²) in [4.78, 5) is 2.55. The molecule has 122 valence electrons. The van der Waals surface area contributed by atoms with Gasteiger partial charge >= 0.3 is 0 Å². The molecule has 1 aliphatic heterocycles. The molecule has 23 heavy (non-hydrogen) atoms. The summed E-state index contributed by atoms with van der Waals surface area (Å²) in [6.07, 6.45) is 0.810. The van der Waals surface area contributed by atoms with Gasteiger partial charge in [0, 0.05) is 16.7 Å². The molecule has 2 aromatic carbocycles. The molecule has 1 unspecified atom stereocenters. The predicted octanol–water partition coefficient (Wildman–Crippen LogP) is 4.79. The Bertz CT molecular complexity index is 820. The minimum absolute atomic E-state index is 0.175. The molecule has 0 bridgehead atoms. The number of sulfone groups is 1. The van der Waals surface area contributed by atoms with Crippen molar-refractivity contribution in [3.63, 3.8) is 0 Å². The summed E-state index contributed by atoms with van der Waals surface area (Å²) in [5.41, 5.74) is 1.48. The fourth-order valence-electron chi connectivity index (χ4n) is 3.07. The first kappa shape index (κ1) is 16.5. The van der Waals surface area contributed by atoms with Gasteiger partial charge in [-0.3, -0.25) is 0 Å². The van der Waals surface area contributed by atoms with E-state index in [0.29, 0.717) is 11.4 Å². The zero-order valence-corrected chi connectivity index (χ0v) is 15.7. The van der Waals surface area contributed by atoms with Crippen LogP contribution in [0.5, 0.6) is 0 Å². The summed E-state index contributed by atoms with van der Waals surface area (Å²) in [5, 5.41) is 0. The SMILES string of the molecule is CCC1(C)CN(c2ccccc2)c2cc(Br)ccc2S(=O)(=O)C1. The molecule has 0 spiro atoms. The second kappa shape index (κ2) is 5.95. The van der Waals surface area contributed by atoms with Crippen LogP contribution in [0, 0.1) is 5.41 Å². The third kappa shape index (κ3) is 3.17. The second-order valence-electron chi connectivity index (χ2n) is 6.46. The first-order chi connectivity index (χ1) is 10.8. The average molecular weight is 394 g/mol. The van der Waals surface area contributed by atoms with E-state index in [1.807, 2.05) is 36.4 Å². The van der Waals surface area contributed by atoms with Crippen LogP contribution in [-0.4, -0.2) is 20.7 Å². The van der Waals surface area contributed by atoms with E-state index in [1.165, 1.54) is 0 Å². The van der Waals surface area contributed by atoms with E-state index in [4.69, 9.17) is 0 Å². The van der Waals surface area contributed by atoms with Gasteiger partial charge in [0.2, 0.25) is 0 Å². The zero-order chi connectivity index (χ0) is 16.7. The normalized spacial score (nSPS) is 23.2. The summed E-state index contributed by atoms with van der Waals surface area (Å²) in [7, 11) is -3.32. The fraction of sp³-hybridized carbons (Fsp3) is 0.333. The Kier molecular flexibility index (Phi) is 4.27. The van der Waals surface area contributed by atoms with Crippen molar-refractivity contribution in [2.75, 3.05) is 17.2 Å². The lowest BCUT2D eigenvalue weighted by Gasteiger charge is -2.33. The Hall–Kier alpha value is -1.33. The second-order valence-corrected chi connectivity index (χ2v) is 9.33. The van der Waals surface area contributed by atoms with Gasteiger partial charge in [0.25, 0.3) is 0 Å². The minimum atomic E-state index is -3.32. The molecule has 1 heterocycles. The Balaban J connectivity index is 2.26. The number of para-hydroxylation sites is 1. The monoisotopic (exact) mass is 393 g/mol. The van der Waals surface area contributed by atoms with Crippen LogP contribution in [0.3, 0.4) is 0 Å². The molecule has 0 fully saturated rings. The lowest BCUT2D eigenvalue weighted by molar-refractivity contribution is 0.366. The summed E-state index contributed by atoms with van der Waals surface area (Å²) in [5.74, 6) is 0.175. The molecule has 2 aromatic rings. The molecule has 0 aliphatic carbocycles. The number of benzene rings is 2. The van der Waals surface area contributed by atoms with E-state index in [1.54, 1.807) is 12.1 Å². The molecule has 0 N–H and O–H groups in total. The van der Waals surface area contributed by atoms with Crippen molar-refractivity contribution in [1.82, 2.24) is 0 Å². The number of halogens is 1. The third-order valence-electron chi connectivity index (χ3n) is 4.55. The van der Waals surface area contributed by atoms with Gasteiger partial charge < -0.3 is 4.90 Å². The van der Waals surface area contributed by atoms with Crippen LogP contribution in [0.1, 0.15) is 20.3 Å². The molecule has 1 atom stereocenters. The minimum Gasteiger partial charge on any atom is -0.340 e. The maximum atomic E-state index is 12.9. The van der Waals surface area contributed by atoms with Gasteiger partial charge in [0.05, 0.1) is 16.3 Å². The highest BCUT2D eigenvalue weighted by Crippen LogP contribution is 2.42. The molecule has 0 amide bonds. The molecule has 0 aromatic heterocycles. The molecule has 0 radical (unpaired) electrons. The standard InChI is InChI=1S/C18H20BrNO2S/c1-3-18(2)12-20(15-7-5-4-6-8-15)16-11-14(19)9-10-17(16)23(21,22)13-18/h4-11H,3,12-13H2,1-2H3. The molecule has 0 saturated carbocycles. The molecule has 3 rings (SSSR count). The highest BCUT2D eigenvalue weighted by atomic mass is 79.9. The number of fused-ring (bicyclic) bond motifs is 1. The Morgan fingerprint density at radius 3 is 2.52 bits per heavy atom. The first-order valence-corrected chi connectivity index (χ1v) is 10.1. The van der Waals surface area contributed by atoms with Crippen LogP contribution < -0.4 is 4.90 Å². The Morgan fingerprint density at radius 1 is 1.17 bits per heavy atom. The van der Waals surface area contributed by atoms with Gasteiger partial charge in [-0.05, 0) is 42.2 Å². The van der Waals surface area contributed by atoms with E-state index in [-0.39, 0.29) is 11.2 Å². The summed E-state index contributed by atoms with van der Waals surface area (Å²) in [6.45, 7) is 4.79. The van der Waals surface area contributed by atoms with Crippen molar-refractivity contribution in [3.05, 3.63) is 53.0 Å². The van der Waals surface area contributed by atoms with Crippen LogP contribution in [0.4, 0.5) is 11.4 Å². The molecular formula is C18H20BrNO2S. The Morgan fingerprint density at radius 2 is 1.87 bits per heavy atom. The van der Waals surface area contributed by atoms with Crippen LogP contribution >= 0.6 is 15.9 Å². The van der Waals surface area contributed by atoms with Gasteiger partial charge in [-0.1, -0.05) is 48.0 Å². The topological polar surface area (TPSA) is 37.4 Å². The lowest BCUT2D eigenvalue weighted by atomic mass is 9.89. The van der Waals surface area contributed by atoms with Crippen molar-refractivity contribution in [2.45, 2.75) is 25.2 Å². The summed E-state index contributed by atoms with van der Waals surface area (Å²) >= 11 is 3.48. The van der Waals surface area contributed by atoms with Gasteiger partial charge in [0.15, 0.2) is 9.84 Å². The summed E-state index contributed by atoms with van der Waals surface area (Å²) in [6, 6.07) is 15.4. The van der Waals surface area contributed by atoms with E-state index in [9.17, 15) is 8.42 Å². The average Bonchev–Trinajstić information content (AvgIpc) is 2.61. The maximum absolute atomic E-state index is 12.9. The number of hydrogen-bond donors (Lipinski definition) is 0. The van der Waals surface area contributed by atoms with Crippen molar-refractivity contribution < 1.29 is 8.42 Å². The maximum Gasteiger partial charge on any atom is 0.181 e. The largest absolute Gasteiger partial charge is 0.340 e. The molecule has 5 heteroatoms. The lowest BCUT2D eigenvalue weighted by Crippen LogP contribution is -2.35. The third-order valence-corrected chi connectivity index (χ3v) is 7.13. The van der Waals surface area contributed by atoms with Crippen molar-refractivity contribution in [1.29, 1.82) is 0 Å². The number of hydrogen-bond acceptors (Lipinski definition) is 3. The molecule has 3 nitrogen and oxygen atoms in total. The summed E-state index contributed by atoms with van der Waals surface area (Å²) < 4.78 is 26.7. The Labute approximate surface area is 146 Å². The van der Waals surface area contributed by atoms with E-state index in [2.05, 4.69) is 34.7 Å². The smallest absolute Gasteiger partial charge is 0.181 e. The quantitative estimate of drug-likeness (QED) is 0.735. The zero-order valence-electron chi connectivity index (χ0n) is 13.3. The van der Waals surface area contributed by atoms with Gasteiger partial charge in [0.1, 0.15) is 0 Å². The number of nitrogens with zero attached hydrogens (tertiary/aromatic N) is 1. The van der Waals surface area contributed by atoms with Crippen LogP contribution in [-0.2, 0) is 9.84 Å². The van der Waals surface area contributed by atoms with E-state index >= 15 is 0 Å². The highest BCUT2D eigenvalue weighted by molar-refractivity contribution is 9.10. The van der Waals surface area contributed by atoms with Crippen LogP contribution in [0.25, 0.3) is 0 Å². The molecular weight excluding hydrogens is 374 g/mol. The first-order valence-electron chi connectivity index (χ1n) is 7.70. The van der Waals surface area contributed by atoms with Gasteiger partial charge in [-0.15, -0.1) is 0 Å². The van der Waals surface area contributed by atoms with Crippen LogP contribution in [0.15, 0.2) is 57.9 Å². The predicted molar refractivity (Wildman–Crippen MR) is 98.0 cm³/mol.